The maximum Gasteiger partial charge on any atom is 0.252 e. The molecule has 0 radical (unpaired) electrons. The molecular weight excluding hydrogens is 462 g/mol. The maximum atomic E-state index is 13.3. The largest absolute Gasteiger partial charge is 0.497 e. The van der Waals surface area contributed by atoms with E-state index in [0.717, 1.165) is 40.6 Å². The summed E-state index contributed by atoms with van der Waals surface area (Å²) < 4.78 is 11.4. The molecule has 2 aliphatic rings. The number of carbonyl (C=O) groups is 1. The summed E-state index contributed by atoms with van der Waals surface area (Å²) in [4.78, 5) is 20.1. The molecule has 37 heavy (non-hydrogen) atoms. The number of fused-ring (bicyclic) bond motifs is 1. The van der Waals surface area contributed by atoms with Crippen LogP contribution in [0, 0.1) is 6.92 Å². The molecule has 3 aromatic carbocycles. The number of aryl methyl sites for hydroxylation is 1. The van der Waals surface area contributed by atoms with E-state index in [-0.39, 0.29) is 5.91 Å². The molecule has 0 unspecified atom stereocenters. The van der Waals surface area contributed by atoms with E-state index >= 15 is 0 Å². The molecule has 6 nitrogen and oxygen atoms in total. The summed E-state index contributed by atoms with van der Waals surface area (Å²) in [6, 6.07) is 23.2. The van der Waals surface area contributed by atoms with Crippen LogP contribution in [0.4, 0.5) is 0 Å². The fraction of sp³-hybridized carbons (Fsp3) is 0.290. The van der Waals surface area contributed by atoms with E-state index in [1.165, 1.54) is 19.5 Å². The van der Waals surface area contributed by atoms with E-state index in [0.29, 0.717) is 17.1 Å². The molecule has 0 spiro atoms. The van der Waals surface area contributed by atoms with Gasteiger partial charge in [0.2, 0.25) is 0 Å². The molecular formula is C31H33N3O3. The van der Waals surface area contributed by atoms with Crippen molar-refractivity contribution >= 4 is 16.8 Å². The van der Waals surface area contributed by atoms with Gasteiger partial charge in [0.15, 0.2) is 0 Å². The van der Waals surface area contributed by atoms with Gasteiger partial charge in [0, 0.05) is 23.2 Å². The normalized spacial score (nSPS) is 15.6. The molecule has 1 aliphatic carbocycles. The number of nitrogens with one attached hydrogen (secondary N) is 1. The summed E-state index contributed by atoms with van der Waals surface area (Å²) in [5.74, 6) is 2.02. The zero-order valence-electron chi connectivity index (χ0n) is 21.7. The Hall–Kier alpha value is -3.90. The first-order valence-corrected chi connectivity index (χ1v) is 12.8. The number of rotatable bonds is 6. The first-order chi connectivity index (χ1) is 18.0. The van der Waals surface area contributed by atoms with Gasteiger partial charge in [0.1, 0.15) is 17.2 Å². The van der Waals surface area contributed by atoms with Crippen LogP contribution in [-0.4, -0.2) is 43.0 Å². The maximum absolute atomic E-state index is 13.3. The van der Waals surface area contributed by atoms with E-state index in [1.807, 2.05) is 73.7 Å². The van der Waals surface area contributed by atoms with Gasteiger partial charge in [-0.25, -0.2) is 0 Å². The Morgan fingerprint density at radius 1 is 0.946 bits per heavy atom. The summed E-state index contributed by atoms with van der Waals surface area (Å²) in [5, 5.41) is 4.32. The fourth-order valence-electron chi connectivity index (χ4n) is 4.55. The Morgan fingerprint density at radius 3 is 2.35 bits per heavy atom. The average Bonchev–Trinajstić information content (AvgIpc) is 3.68. The minimum atomic E-state index is -0.441. The molecule has 6 heteroatoms. The van der Waals surface area contributed by atoms with Crippen molar-refractivity contribution in [2.45, 2.75) is 31.7 Å². The highest BCUT2D eigenvalue weighted by Crippen LogP contribution is 2.49. The second-order valence-electron chi connectivity index (χ2n) is 9.83. The molecule has 0 bridgehead atoms. The lowest BCUT2D eigenvalue weighted by Gasteiger charge is -2.24. The number of para-hydroxylation sites is 1. The molecule has 1 aromatic heterocycles. The van der Waals surface area contributed by atoms with Gasteiger partial charge < -0.3 is 19.7 Å². The van der Waals surface area contributed by atoms with E-state index in [4.69, 9.17) is 9.47 Å². The van der Waals surface area contributed by atoms with Crippen molar-refractivity contribution in [1.82, 2.24) is 15.2 Å². The third-order valence-corrected chi connectivity index (χ3v) is 7.06. The average molecular weight is 496 g/mol. The molecule has 1 saturated carbocycles. The predicted octanol–water partition coefficient (Wildman–Crippen LogP) is 6.09. The van der Waals surface area contributed by atoms with Crippen molar-refractivity contribution in [3.63, 3.8) is 0 Å². The van der Waals surface area contributed by atoms with E-state index in [1.54, 1.807) is 19.4 Å². The highest BCUT2D eigenvalue weighted by atomic mass is 16.5. The highest BCUT2D eigenvalue weighted by molar-refractivity contribution is 5.97. The molecule has 2 fully saturated rings. The lowest BCUT2D eigenvalue weighted by molar-refractivity contribution is 0.0930. The summed E-state index contributed by atoms with van der Waals surface area (Å²) in [6.07, 6.45) is 4.91. The molecule has 0 atom stereocenters. The van der Waals surface area contributed by atoms with Gasteiger partial charge in [0.25, 0.3) is 5.91 Å². The number of likely N-dealkylation sites (tertiary alicyclic amines) is 1. The third-order valence-electron chi connectivity index (χ3n) is 7.06. The zero-order valence-corrected chi connectivity index (χ0v) is 21.7. The molecule has 6 rings (SSSR count). The Labute approximate surface area is 218 Å². The minimum Gasteiger partial charge on any atom is -0.497 e. The molecule has 1 aliphatic heterocycles. The van der Waals surface area contributed by atoms with Gasteiger partial charge in [-0.3, -0.25) is 9.78 Å². The molecule has 1 saturated heterocycles. The first-order valence-electron chi connectivity index (χ1n) is 12.8. The van der Waals surface area contributed by atoms with Crippen LogP contribution in [0.3, 0.4) is 0 Å². The predicted molar refractivity (Wildman–Crippen MR) is 146 cm³/mol. The SMILES string of the molecule is CN1CCC1.COc1ccc(C)c(C(=O)NC2(c3cc(Oc4ccccc4)cc4ncccc34)CC2)c1. The standard InChI is InChI=1S/C27H24N2O3.C4H9N/c1-18-10-11-20(31-2)15-23(18)26(30)29-27(12-13-27)24-16-21(32-19-7-4-3-5-8-19)17-25-22(24)9-6-14-28-25;1-5-3-2-4-5/h3-11,14-17H,12-13H2,1-2H3,(H,29,30);2-4H2,1H3. The Bertz CT molecular complexity index is 1400. The monoisotopic (exact) mass is 495 g/mol. The number of hydrogen-bond acceptors (Lipinski definition) is 5. The number of pyridine rings is 1. The number of benzene rings is 3. The quantitative estimate of drug-likeness (QED) is 0.351. The number of ether oxygens (including phenoxy) is 2. The van der Waals surface area contributed by atoms with Gasteiger partial charge >= 0.3 is 0 Å². The number of amides is 1. The van der Waals surface area contributed by atoms with Crippen LogP contribution in [0.5, 0.6) is 17.2 Å². The summed E-state index contributed by atoms with van der Waals surface area (Å²) >= 11 is 0. The van der Waals surface area contributed by atoms with Crippen molar-refractivity contribution in [3.8, 4) is 17.2 Å². The molecule has 190 valence electrons. The smallest absolute Gasteiger partial charge is 0.252 e. The molecule has 1 amide bonds. The van der Waals surface area contributed by atoms with E-state index in [9.17, 15) is 4.79 Å². The zero-order chi connectivity index (χ0) is 25.8. The summed E-state index contributed by atoms with van der Waals surface area (Å²) in [7, 11) is 3.75. The van der Waals surface area contributed by atoms with E-state index in [2.05, 4.69) is 22.2 Å². The van der Waals surface area contributed by atoms with Crippen molar-refractivity contribution < 1.29 is 14.3 Å². The van der Waals surface area contributed by atoms with Gasteiger partial charge in [-0.1, -0.05) is 30.3 Å². The lowest BCUT2D eigenvalue weighted by Crippen LogP contribution is -2.35. The summed E-state index contributed by atoms with van der Waals surface area (Å²) in [6.45, 7) is 4.57. The van der Waals surface area contributed by atoms with Crippen molar-refractivity contribution in [1.29, 1.82) is 0 Å². The highest BCUT2D eigenvalue weighted by Gasteiger charge is 2.47. The van der Waals surface area contributed by atoms with Crippen molar-refractivity contribution in [3.05, 3.63) is 95.7 Å². The van der Waals surface area contributed by atoms with Crippen LogP contribution in [0.1, 0.15) is 40.7 Å². The number of methoxy groups -OCH3 is 1. The van der Waals surface area contributed by atoms with Crippen LogP contribution in [0.2, 0.25) is 0 Å². The van der Waals surface area contributed by atoms with E-state index < -0.39 is 5.54 Å². The van der Waals surface area contributed by atoms with Crippen LogP contribution in [0.25, 0.3) is 10.9 Å². The number of aromatic nitrogens is 1. The van der Waals surface area contributed by atoms with Crippen LogP contribution in [0.15, 0.2) is 79.0 Å². The van der Waals surface area contributed by atoms with Crippen molar-refractivity contribution in [2.24, 2.45) is 0 Å². The van der Waals surface area contributed by atoms with Gasteiger partial charge in [-0.15, -0.1) is 0 Å². The molecule has 4 aromatic rings. The van der Waals surface area contributed by atoms with Gasteiger partial charge in [-0.2, -0.15) is 0 Å². The van der Waals surface area contributed by atoms with Crippen LogP contribution < -0.4 is 14.8 Å². The van der Waals surface area contributed by atoms with Gasteiger partial charge in [-0.05, 0) is 93.8 Å². The first kappa shape index (κ1) is 24.8. The summed E-state index contributed by atoms with van der Waals surface area (Å²) in [5.41, 5.74) is 2.96. The Kier molecular flexibility index (Phi) is 7.10. The lowest BCUT2D eigenvalue weighted by atomic mass is 9.97. The van der Waals surface area contributed by atoms with Crippen LogP contribution in [-0.2, 0) is 5.54 Å². The number of hydrogen-bond donors (Lipinski definition) is 1. The van der Waals surface area contributed by atoms with Crippen LogP contribution >= 0.6 is 0 Å². The third kappa shape index (κ3) is 5.59. The second-order valence-corrected chi connectivity index (χ2v) is 9.83. The topological polar surface area (TPSA) is 63.7 Å². The Balaban J connectivity index is 0.000000503. The molecule has 2 heterocycles. The number of carbonyl (C=O) groups excluding carboxylic acids is 1. The molecule has 1 N–H and O–H groups in total. The Morgan fingerprint density at radius 2 is 1.70 bits per heavy atom. The van der Waals surface area contributed by atoms with Crippen molar-refractivity contribution in [2.75, 3.05) is 27.2 Å². The van der Waals surface area contributed by atoms with Gasteiger partial charge in [0.05, 0.1) is 18.2 Å². The second kappa shape index (κ2) is 10.6. The number of nitrogens with zero attached hydrogens (tertiary/aromatic N) is 2. The minimum absolute atomic E-state index is 0.106. The fourth-order valence-corrected chi connectivity index (χ4v) is 4.55.